The Balaban J connectivity index is 2.69. The lowest BCUT2D eigenvalue weighted by Crippen LogP contribution is -2.38. The Kier molecular flexibility index (Phi) is 4.05. The van der Waals surface area contributed by atoms with Gasteiger partial charge in [-0.3, -0.25) is 9.59 Å². The zero-order chi connectivity index (χ0) is 12.5. The zero-order valence-corrected chi connectivity index (χ0v) is 11.6. The van der Waals surface area contributed by atoms with E-state index in [1.807, 2.05) is 11.8 Å². The van der Waals surface area contributed by atoms with Gasteiger partial charge >= 0.3 is 0 Å². The van der Waals surface area contributed by atoms with Crippen LogP contribution >= 0.6 is 11.8 Å². The van der Waals surface area contributed by atoms with Crippen molar-refractivity contribution in [1.82, 2.24) is 4.90 Å². The minimum atomic E-state index is -0.197. The Bertz CT molecular complexity index is 274. The van der Waals surface area contributed by atoms with Crippen molar-refractivity contribution in [3.05, 3.63) is 0 Å². The number of hydrogen-bond acceptors (Lipinski definition) is 3. The summed E-state index contributed by atoms with van der Waals surface area (Å²) in [7, 11) is 0. The fraction of sp³-hybridized carbons (Fsp3) is 0.833. The van der Waals surface area contributed by atoms with E-state index in [1.165, 1.54) is 0 Å². The molecule has 0 spiro atoms. The normalized spacial score (nSPS) is 25.9. The molecule has 0 radical (unpaired) electrons. The molecule has 1 aliphatic heterocycles. The van der Waals surface area contributed by atoms with E-state index < -0.39 is 0 Å². The van der Waals surface area contributed by atoms with Gasteiger partial charge in [0, 0.05) is 23.5 Å². The van der Waals surface area contributed by atoms with E-state index in [2.05, 4.69) is 20.8 Å². The Morgan fingerprint density at radius 1 is 1.25 bits per heavy atom. The van der Waals surface area contributed by atoms with Crippen LogP contribution in [0.5, 0.6) is 0 Å². The first-order valence-corrected chi connectivity index (χ1v) is 6.54. The van der Waals surface area contributed by atoms with Crippen LogP contribution in [0.3, 0.4) is 0 Å². The Hall–Kier alpha value is -0.510. The van der Waals surface area contributed by atoms with Crippen LogP contribution in [-0.4, -0.2) is 39.2 Å². The SMILES string of the molecule is CC(=O)C1C[C@@H](SC(C)(C)C)CN1C(C)=O. The third kappa shape index (κ3) is 3.51. The molecule has 0 bridgehead atoms. The van der Waals surface area contributed by atoms with Crippen molar-refractivity contribution < 1.29 is 9.59 Å². The molecule has 1 fully saturated rings. The largest absolute Gasteiger partial charge is 0.332 e. The number of likely N-dealkylation sites (tertiary alicyclic amines) is 1. The molecule has 3 nitrogen and oxygen atoms in total. The second-order valence-corrected chi connectivity index (χ2v) is 7.51. The number of hydrogen-bond donors (Lipinski definition) is 0. The first-order valence-electron chi connectivity index (χ1n) is 5.66. The van der Waals surface area contributed by atoms with Crippen molar-refractivity contribution in [3.63, 3.8) is 0 Å². The average molecular weight is 243 g/mol. The summed E-state index contributed by atoms with van der Waals surface area (Å²) in [6.07, 6.45) is 0.802. The van der Waals surface area contributed by atoms with Crippen molar-refractivity contribution in [3.8, 4) is 0 Å². The highest BCUT2D eigenvalue weighted by Crippen LogP contribution is 2.35. The highest BCUT2D eigenvalue weighted by Gasteiger charge is 2.38. The van der Waals surface area contributed by atoms with Crippen LogP contribution in [-0.2, 0) is 9.59 Å². The lowest BCUT2D eigenvalue weighted by Gasteiger charge is -2.22. The summed E-state index contributed by atoms with van der Waals surface area (Å²) in [6, 6.07) is -0.197. The molecule has 1 rings (SSSR count). The molecule has 0 saturated carbocycles. The van der Waals surface area contributed by atoms with Crippen LogP contribution in [0.25, 0.3) is 0 Å². The minimum Gasteiger partial charge on any atom is -0.332 e. The molecule has 0 aromatic heterocycles. The molecule has 2 atom stereocenters. The number of Topliss-reactive ketones (excluding diaryl/α,β-unsaturated/α-hetero) is 1. The van der Waals surface area contributed by atoms with Crippen molar-refractivity contribution in [1.29, 1.82) is 0 Å². The molecule has 16 heavy (non-hydrogen) atoms. The maximum atomic E-state index is 11.5. The molecule has 1 unspecified atom stereocenters. The van der Waals surface area contributed by atoms with Gasteiger partial charge in [0.1, 0.15) is 0 Å². The number of thioether (sulfide) groups is 1. The second kappa shape index (κ2) is 4.78. The quantitative estimate of drug-likeness (QED) is 0.745. The summed E-state index contributed by atoms with van der Waals surface area (Å²) < 4.78 is 0.179. The Morgan fingerprint density at radius 3 is 2.12 bits per heavy atom. The van der Waals surface area contributed by atoms with Crippen molar-refractivity contribution >= 4 is 23.5 Å². The van der Waals surface area contributed by atoms with E-state index in [-0.39, 0.29) is 22.5 Å². The van der Waals surface area contributed by atoms with Gasteiger partial charge in [-0.1, -0.05) is 20.8 Å². The molecule has 1 amide bonds. The molecule has 0 N–H and O–H groups in total. The average Bonchev–Trinajstić information content (AvgIpc) is 2.44. The van der Waals surface area contributed by atoms with Crippen LogP contribution in [0, 0.1) is 0 Å². The molecule has 1 aliphatic rings. The summed E-state index contributed by atoms with van der Waals surface area (Å²) in [5, 5.41) is 0.387. The molecule has 1 saturated heterocycles. The number of carbonyl (C=O) groups is 2. The molecule has 92 valence electrons. The molecule has 0 aromatic carbocycles. The summed E-state index contributed by atoms with van der Waals surface area (Å²) in [5.41, 5.74) is 0. The van der Waals surface area contributed by atoms with E-state index in [9.17, 15) is 9.59 Å². The molecule has 0 aromatic rings. The molecule has 0 aliphatic carbocycles. The third-order valence-corrected chi connectivity index (χ3v) is 4.04. The van der Waals surface area contributed by atoms with E-state index >= 15 is 0 Å². The predicted octanol–water partition coefficient (Wildman–Crippen LogP) is 2.10. The summed E-state index contributed by atoms with van der Waals surface area (Å²) >= 11 is 1.86. The maximum absolute atomic E-state index is 11.5. The van der Waals surface area contributed by atoms with Gasteiger partial charge in [-0.15, -0.1) is 0 Å². The molecular formula is C12H21NO2S. The van der Waals surface area contributed by atoms with Gasteiger partial charge in [0.15, 0.2) is 5.78 Å². The summed E-state index contributed by atoms with van der Waals surface area (Å²) in [5.74, 6) is 0.115. The third-order valence-electron chi connectivity index (χ3n) is 2.66. The smallest absolute Gasteiger partial charge is 0.220 e. The van der Waals surface area contributed by atoms with Gasteiger partial charge in [-0.05, 0) is 13.3 Å². The monoisotopic (exact) mass is 243 g/mol. The van der Waals surface area contributed by atoms with Crippen LogP contribution in [0.4, 0.5) is 0 Å². The molecule has 1 heterocycles. The van der Waals surface area contributed by atoms with E-state index in [4.69, 9.17) is 0 Å². The highest BCUT2D eigenvalue weighted by atomic mass is 32.2. The van der Waals surface area contributed by atoms with Crippen LogP contribution < -0.4 is 0 Å². The first kappa shape index (κ1) is 13.6. The second-order valence-electron chi connectivity index (χ2n) is 5.39. The number of rotatable bonds is 2. The van der Waals surface area contributed by atoms with Crippen LogP contribution in [0.2, 0.25) is 0 Å². The maximum Gasteiger partial charge on any atom is 0.220 e. The predicted molar refractivity (Wildman–Crippen MR) is 67.6 cm³/mol. The highest BCUT2D eigenvalue weighted by molar-refractivity contribution is 8.01. The fourth-order valence-corrected chi connectivity index (χ4v) is 3.63. The molecule has 4 heteroatoms. The van der Waals surface area contributed by atoms with Gasteiger partial charge in [0.25, 0.3) is 0 Å². The number of nitrogens with zero attached hydrogens (tertiary/aromatic N) is 1. The molecular weight excluding hydrogens is 222 g/mol. The lowest BCUT2D eigenvalue weighted by molar-refractivity contribution is -0.135. The van der Waals surface area contributed by atoms with Crippen molar-refractivity contribution in [2.45, 2.75) is 57.1 Å². The van der Waals surface area contributed by atoms with Gasteiger partial charge < -0.3 is 4.90 Å². The van der Waals surface area contributed by atoms with Crippen LogP contribution in [0.15, 0.2) is 0 Å². The standard InChI is InChI=1S/C12H21NO2S/c1-8(14)11-6-10(16-12(3,4)5)7-13(11)9(2)15/h10-11H,6-7H2,1-5H3/t10-,11?/m1/s1. The first-order chi connectivity index (χ1) is 7.20. The van der Waals surface area contributed by atoms with Gasteiger partial charge in [-0.2, -0.15) is 11.8 Å². The summed E-state index contributed by atoms with van der Waals surface area (Å²) in [4.78, 5) is 24.6. The van der Waals surface area contributed by atoms with Crippen molar-refractivity contribution in [2.24, 2.45) is 0 Å². The van der Waals surface area contributed by atoms with Gasteiger partial charge in [0.05, 0.1) is 6.04 Å². The van der Waals surface area contributed by atoms with E-state index in [0.717, 1.165) is 6.42 Å². The topological polar surface area (TPSA) is 37.4 Å². The van der Waals surface area contributed by atoms with Gasteiger partial charge in [-0.25, -0.2) is 0 Å². The Morgan fingerprint density at radius 2 is 1.81 bits per heavy atom. The van der Waals surface area contributed by atoms with Gasteiger partial charge in [0.2, 0.25) is 5.91 Å². The summed E-state index contributed by atoms with van der Waals surface area (Å²) in [6.45, 7) is 10.3. The number of amides is 1. The lowest BCUT2D eigenvalue weighted by atomic mass is 10.1. The fourth-order valence-electron chi connectivity index (χ4n) is 2.12. The number of ketones is 1. The van der Waals surface area contributed by atoms with E-state index in [0.29, 0.717) is 11.8 Å². The minimum absolute atomic E-state index is 0.0113. The Labute approximate surface area is 102 Å². The number of carbonyl (C=O) groups excluding carboxylic acids is 2. The van der Waals surface area contributed by atoms with Crippen LogP contribution in [0.1, 0.15) is 41.0 Å². The zero-order valence-electron chi connectivity index (χ0n) is 10.7. The van der Waals surface area contributed by atoms with Crippen molar-refractivity contribution in [2.75, 3.05) is 6.54 Å². The van der Waals surface area contributed by atoms with E-state index in [1.54, 1.807) is 18.7 Å².